The Morgan fingerprint density at radius 3 is 2.74 bits per heavy atom. The minimum absolute atomic E-state index is 0.00894. The fourth-order valence-electron chi connectivity index (χ4n) is 2.75. The van der Waals surface area contributed by atoms with E-state index in [1.54, 1.807) is 18.2 Å². The zero-order valence-corrected chi connectivity index (χ0v) is 15.7. The number of carbonyl (C=O) groups excluding carboxylic acids is 3. The van der Waals surface area contributed by atoms with Crippen LogP contribution in [0.25, 0.3) is 0 Å². The number of rotatable bonds is 8. The average molecular weight is 376 g/mol. The number of esters is 1. The molecule has 1 aliphatic rings. The van der Waals surface area contributed by atoms with E-state index in [0.29, 0.717) is 17.2 Å². The lowest BCUT2D eigenvalue weighted by Gasteiger charge is -2.20. The van der Waals surface area contributed by atoms with Gasteiger partial charge in [0.1, 0.15) is 11.5 Å². The summed E-state index contributed by atoms with van der Waals surface area (Å²) in [6, 6.07) is 5.08. The van der Waals surface area contributed by atoms with Gasteiger partial charge < -0.3 is 24.4 Å². The molecule has 0 bridgehead atoms. The molecule has 1 saturated heterocycles. The number of nitrogens with one attached hydrogen (secondary N) is 1. The van der Waals surface area contributed by atoms with Crippen molar-refractivity contribution in [2.45, 2.75) is 19.4 Å². The van der Waals surface area contributed by atoms with E-state index < -0.39 is 23.9 Å². The predicted molar refractivity (Wildman–Crippen MR) is 98.8 cm³/mol. The molecule has 0 unspecified atom stereocenters. The second kappa shape index (κ2) is 9.07. The van der Waals surface area contributed by atoms with E-state index in [2.05, 4.69) is 11.9 Å². The Morgan fingerprint density at radius 2 is 2.11 bits per heavy atom. The van der Waals surface area contributed by atoms with Gasteiger partial charge in [0.05, 0.1) is 25.8 Å². The van der Waals surface area contributed by atoms with Crippen molar-refractivity contribution in [1.82, 2.24) is 5.32 Å². The molecule has 1 N–H and O–H groups in total. The van der Waals surface area contributed by atoms with Crippen molar-refractivity contribution in [2.24, 2.45) is 5.92 Å². The number of amides is 2. The quantitative estimate of drug-likeness (QED) is 0.543. The van der Waals surface area contributed by atoms with Gasteiger partial charge in [-0.1, -0.05) is 6.08 Å². The summed E-state index contributed by atoms with van der Waals surface area (Å²) in [5.74, 6) is -0.810. The number of nitrogens with zero attached hydrogens (tertiary/aromatic N) is 1. The molecule has 0 aromatic heterocycles. The summed E-state index contributed by atoms with van der Waals surface area (Å²) in [4.78, 5) is 38.1. The highest BCUT2D eigenvalue weighted by molar-refractivity contribution is 6.00. The number of carbonyl (C=O) groups is 3. The highest BCUT2D eigenvalue weighted by Gasteiger charge is 2.38. The Balaban J connectivity index is 2.05. The topological polar surface area (TPSA) is 94.2 Å². The van der Waals surface area contributed by atoms with Gasteiger partial charge in [-0.25, -0.2) is 0 Å². The molecule has 2 amide bonds. The third kappa shape index (κ3) is 4.78. The lowest BCUT2D eigenvalue weighted by Crippen LogP contribution is -2.37. The van der Waals surface area contributed by atoms with Gasteiger partial charge in [0, 0.05) is 25.6 Å². The molecule has 27 heavy (non-hydrogen) atoms. The van der Waals surface area contributed by atoms with Gasteiger partial charge in [-0.15, -0.1) is 6.58 Å². The molecule has 2 rings (SSSR count). The first-order chi connectivity index (χ1) is 12.9. The normalized spacial score (nSPS) is 17.2. The Hall–Kier alpha value is -3.03. The van der Waals surface area contributed by atoms with Gasteiger partial charge in [-0.05, 0) is 19.1 Å². The maximum atomic E-state index is 12.4. The molecule has 1 heterocycles. The standard InChI is InChI=1S/C19H24N2O6/c1-5-8-20-18(23)12(2)27-19(24)13-9-17(22)21(11-13)15-7-6-14(25-3)10-16(15)26-4/h5-7,10,12-13H,1,8-9,11H2,2-4H3,(H,20,23)/t12-,13+/m0/s1. The van der Waals surface area contributed by atoms with E-state index in [-0.39, 0.29) is 25.4 Å². The fraction of sp³-hybridized carbons (Fsp3) is 0.421. The van der Waals surface area contributed by atoms with Crippen LogP contribution < -0.4 is 19.7 Å². The van der Waals surface area contributed by atoms with E-state index in [1.165, 1.54) is 32.1 Å². The summed E-state index contributed by atoms with van der Waals surface area (Å²) in [5.41, 5.74) is 0.551. The van der Waals surface area contributed by atoms with Crippen LogP contribution in [0.5, 0.6) is 11.5 Å². The maximum absolute atomic E-state index is 12.4. The van der Waals surface area contributed by atoms with Crippen molar-refractivity contribution >= 4 is 23.5 Å². The van der Waals surface area contributed by atoms with Crippen molar-refractivity contribution < 1.29 is 28.6 Å². The van der Waals surface area contributed by atoms with Crippen molar-refractivity contribution in [1.29, 1.82) is 0 Å². The first-order valence-corrected chi connectivity index (χ1v) is 8.52. The fourth-order valence-corrected chi connectivity index (χ4v) is 2.75. The van der Waals surface area contributed by atoms with Gasteiger partial charge in [0.25, 0.3) is 5.91 Å². The van der Waals surface area contributed by atoms with Crippen LogP contribution in [0, 0.1) is 5.92 Å². The zero-order chi connectivity index (χ0) is 20.0. The molecule has 1 fully saturated rings. The maximum Gasteiger partial charge on any atom is 0.312 e. The van der Waals surface area contributed by atoms with E-state index in [1.807, 2.05) is 0 Å². The molecule has 2 atom stereocenters. The zero-order valence-electron chi connectivity index (χ0n) is 15.7. The van der Waals surface area contributed by atoms with Crippen molar-refractivity contribution in [3.8, 4) is 11.5 Å². The van der Waals surface area contributed by atoms with Crippen LogP contribution in [-0.2, 0) is 19.1 Å². The SMILES string of the molecule is C=CCNC(=O)[C@H](C)OC(=O)[C@@H]1CC(=O)N(c2ccc(OC)cc2OC)C1. The minimum Gasteiger partial charge on any atom is -0.497 e. The average Bonchev–Trinajstić information content (AvgIpc) is 3.06. The van der Waals surface area contributed by atoms with Gasteiger partial charge >= 0.3 is 5.97 Å². The van der Waals surface area contributed by atoms with Crippen molar-refractivity contribution in [3.63, 3.8) is 0 Å². The van der Waals surface area contributed by atoms with Crippen LogP contribution in [0.2, 0.25) is 0 Å². The molecule has 0 spiro atoms. The summed E-state index contributed by atoms with van der Waals surface area (Å²) >= 11 is 0. The molecule has 0 saturated carbocycles. The third-order valence-electron chi connectivity index (χ3n) is 4.22. The van der Waals surface area contributed by atoms with Gasteiger partial charge in [0.2, 0.25) is 5.91 Å². The molecular weight excluding hydrogens is 352 g/mol. The van der Waals surface area contributed by atoms with E-state index >= 15 is 0 Å². The third-order valence-corrected chi connectivity index (χ3v) is 4.22. The molecule has 146 valence electrons. The summed E-state index contributed by atoms with van der Waals surface area (Å²) in [6.45, 7) is 5.43. The Kier molecular flexibility index (Phi) is 6.81. The summed E-state index contributed by atoms with van der Waals surface area (Å²) in [6.07, 6.45) is 0.592. The number of benzene rings is 1. The summed E-state index contributed by atoms with van der Waals surface area (Å²) in [5, 5.41) is 2.56. The second-order valence-electron chi connectivity index (χ2n) is 6.06. The van der Waals surface area contributed by atoms with E-state index in [0.717, 1.165) is 0 Å². The van der Waals surface area contributed by atoms with Crippen LogP contribution in [0.3, 0.4) is 0 Å². The number of methoxy groups -OCH3 is 2. The highest BCUT2D eigenvalue weighted by atomic mass is 16.5. The lowest BCUT2D eigenvalue weighted by atomic mass is 10.1. The van der Waals surface area contributed by atoms with Crippen LogP contribution in [0.15, 0.2) is 30.9 Å². The summed E-state index contributed by atoms with van der Waals surface area (Å²) in [7, 11) is 3.03. The lowest BCUT2D eigenvalue weighted by molar-refractivity contribution is -0.158. The molecular formula is C19H24N2O6. The molecule has 1 aromatic carbocycles. The van der Waals surface area contributed by atoms with Crippen LogP contribution in [0.1, 0.15) is 13.3 Å². The Labute approximate surface area is 158 Å². The molecule has 1 aliphatic heterocycles. The van der Waals surface area contributed by atoms with Gasteiger partial charge in [0.15, 0.2) is 6.10 Å². The van der Waals surface area contributed by atoms with Crippen LogP contribution >= 0.6 is 0 Å². The monoisotopic (exact) mass is 376 g/mol. The molecule has 8 nitrogen and oxygen atoms in total. The van der Waals surface area contributed by atoms with Crippen molar-refractivity contribution in [3.05, 3.63) is 30.9 Å². The second-order valence-corrected chi connectivity index (χ2v) is 6.06. The van der Waals surface area contributed by atoms with Crippen LogP contribution in [0.4, 0.5) is 5.69 Å². The largest absolute Gasteiger partial charge is 0.497 e. The van der Waals surface area contributed by atoms with Crippen molar-refractivity contribution in [2.75, 3.05) is 32.2 Å². The molecule has 0 radical (unpaired) electrons. The Morgan fingerprint density at radius 1 is 1.37 bits per heavy atom. The number of ether oxygens (including phenoxy) is 3. The molecule has 0 aliphatic carbocycles. The minimum atomic E-state index is -0.947. The molecule has 1 aromatic rings. The smallest absolute Gasteiger partial charge is 0.312 e. The molecule has 8 heteroatoms. The van der Waals surface area contributed by atoms with E-state index in [4.69, 9.17) is 14.2 Å². The summed E-state index contributed by atoms with van der Waals surface area (Å²) < 4.78 is 15.7. The van der Waals surface area contributed by atoms with Gasteiger partial charge in [-0.3, -0.25) is 14.4 Å². The number of anilines is 1. The number of hydrogen-bond acceptors (Lipinski definition) is 6. The first kappa shape index (κ1) is 20.3. The van der Waals surface area contributed by atoms with Crippen LogP contribution in [-0.4, -0.2) is 51.2 Å². The predicted octanol–water partition coefficient (Wildman–Crippen LogP) is 1.29. The van der Waals surface area contributed by atoms with Gasteiger partial charge in [-0.2, -0.15) is 0 Å². The number of hydrogen-bond donors (Lipinski definition) is 1. The van der Waals surface area contributed by atoms with E-state index in [9.17, 15) is 14.4 Å². The Bertz CT molecular complexity index is 733. The highest BCUT2D eigenvalue weighted by Crippen LogP contribution is 2.36. The first-order valence-electron chi connectivity index (χ1n) is 8.52.